The predicted octanol–water partition coefficient (Wildman–Crippen LogP) is 3.82. The van der Waals surface area contributed by atoms with Gasteiger partial charge in [0.15, 0.2) is 0 Å². The summed E-state index contributed by atoms with van der Waals surface area (Å²) in [5.74, 6) is -0.275. The van der Waals surface area contributed by atoms with Crippen molar-refractivity contribution in [3.8, 4) is 0 Å². The SMILES string of the molecule is CC1=C(C(=O)OCC(C)C)[C@H](c2ccc(Cl)cc2Cl)NC(=O)N1. The first-order valence-electron chi connectivity index (χ1n) is 7.20. The van der Waals surface area contributed by atoms with E-state index in [4.69, 9.17) is 27.9 Å². The number of hydrogen-bond donors (Lipinski definition) is 2. The van der Waals surface area contributed by atoms with E-state index in [1.165, 1.54) is 0 Å². The Morgan fingerprint density at radius 1 is 1.35 bits per heavy atom. The minimum absolute atomic E-state index is 0.212. The molecule has 2 rings (SSSR count). The van der Waals surface area contributed by atoms with Crippen molar-refractivity contribution in [2.24, 2.45) is 5.92 Å². The molecule has 1 aromatic carbocycles. The Morgan fingerprint density at radius 2 is 2.04 bits per heavy atom. The Labute approximate surface area is 145 Å². The first-order valence-corrected chi connectivity index (χ1v) is 7.95. The number of ether oxygens (including phenoxy) is 1. The molecular weight excluding hydrogens is 339 g/mol. The Morgan fingerprint density at radius 3 is 2.65 bits per heavy atom. The molecule has 23 heavy (non-hydrogen) atoms. The number of halogens is 2. The molecule has 0 aliphatic carbocycles. The van der Waals surface area contributed by atoms with Gasteiger partial charge >= 0.3 is 12.0 Å². The van der Waals surface area contributed by atoms with Gasteiger partial charge in [-0.1, -0.05) is 43.1 Å². The number of allylic oxidation sites excluding steroid dienone is 1. The Hall–Kier alpha value is -1.72. The molecule has 1 aliphatic heterocycles. The number of benzene rings is 1. The van der Waals surface area contributed by atoms with E-state index in [9.17, 15) is 9.59 Å². The second-order valence-corrected chi connectivity index (χ2v) is 6.57. The molecule has 124 valence electrons. The van der Waals surface area contributed by atoms with Crippen LogP contribution in [0.4, 0.5) is 4.79 Å². The third-order valence-corrected chi connectivity index (χ3v) is 3.87. The molecule has 0 spiro atoms. The summed E-state index contributed by atoms with van der Waals surface area (Å²) in [6, 6.07) is 3.82. The highest BCUT2D eigenvalue weighted by Gasteiger charge is 2.33. The van der Waals surface area contributed by atoms with Crippen molar-refractivity contribution in [3.05, 3.63) is 45.1 Å². The lowest BCUT2D eigenvalue weighted by Crippen LogP contribution is -2.45. The van der Waals surface area contributed by atoms with E-state index < -0.39 is 18.0 Å². The molecule has 0 unspecified atom stereocenters. The van der Waals surface area contributed by atoms with E-state index in [1.54, 1.807) is 25.1 Å². The lowest BCUT2D eigenvalue weighted by Gasteiger charge is -2.28. The standard InChI is InChI=1S/C16H18Cl2N2O3/c1-8(2)7-23-15(21)13-9(3)19-16(22)20-14(13)11-5-4-10(17)6-12(11)18/h4-6,8,14H,7H2,1-3H3,(H2,19,20,22)/t14-/m0/s1. The first kappa shape index (κ1) is 17.6. The molecule has 0 saturated carbocycles. The van der Waals surface area contributed by atoms with E-state index >= 15 is 0 Å². The molecule has 0 fully saturated rings. The molecule has 2 N–H and O–H groups in total. The molecule has 0 aromatic heterocycles. The zero-order valence-electron chi connectivity index (χ0n) is 13.1. The number of carbonyl (C=O) groups excluding carboxylic acids is 2. The lowest BCUT2D eigenvalue weighted by molar-refractivity contribution is -0.140. The molecule has 1 atom stereocenters. The minimum Gasteiger partial charge on any atom is -0.462 e. The molecule has 2 amide bonds. The summed E-state index contributed by atoms with van der Waals surface area (Å²) in [7, 11) is 0. The molecule has 0 bridgehead atoms. The van der Waals surface area contributed by atoms with Crippen molar-refractivity contribution in [1.82, 2.24) is 10.6 Å². The van der Waals surface area contributed by atoms with Crippen LogP contribution in [-0.4, -0.2) is 18.6 Å². The zero-order valence-corrected chi connectivity index (χ0v) is 14.6. The molecule has 1 aliphatic rings. The maximum atomic E-state index is 12.4. The lowest BCUT2D eigenvalue weighted by atomic mass is 9.95. The van der Waals surface area contributed by atoms with E-state index in [0.29, 0.717) is 33.5 Å². The van der Waals surface area contributed by atoms with Gasteiger partial charge in [0, 0.05) is 15.7 Å². The summed E-state index contributed by atoms with van der Waals surface area (Å²) in [6.45, 7) is 5.85. The average molecular weight is 357 g/mol. The molecule has 7 heteroatoms. The van der Waals surface area contributed by atoms with Crippen molar-refractivity contribution >= 4 is 35.2 Å². The van der Waals surface area contributed by atoms with Crippen LogP contribution >= 0.6 is 23.2 Å². The van der Waals surface area contributed by atoms with Gasteiger partial charge in [-0.25, -0.2) is 9.59 Å². The fourth-order valence-electron chi connectivity index (χ4n) is 2.25. The summed E-state index contributed by atoms with van der Waals surface area (Å²) in [4.78, 5) is 24.2. The highest BCUT2D eigenvalue weighted by atomic mass is 35.5. The third-order valence-electron chi connectivity index (χ3n) is 3.31. The number of nitrogens with one attached hydrogen (secondary N) is 2. The van der Waals surface area contributed by atoms with Gasteiger partial charge in [0.1, 0.15) is 0 Å². The van der Waals surface area contributed by atoms with Crippen LogP contribution in [0.15, 0.2) is 29.5 Å². The molecule has 1 heterocycles. The van der Waals surface area contributed by atoms with Gasteiger partial charge in [0.05, 0.1) is 18.2 Å². The van der Waals surface area contributed by atoms with Crippen LogP contribution < -0.4 is 10.6 Å². The fourth-order valence-corrected chi connectivity index (χ4v) is 2.77. The van der Waals surface area contributed by atoms with Gasteiger partial charge in [-0.15, -0.1) is 0 Å². The third kappa shape index (κ3) is 4.18. The topological polar surface area (TPSA) is 67.4 Å². The number of amides is 2. The van der Waals surface area contributed by atoms with Gasteiger partial charge in [-0.3, -0.25) is 0 Å². The van der Waals surface area contributed by atoms with Crippen LogP contribution in [0.25, 0.3) is 0 Å². The molecule has 0 saturated heterocycles. The van der Waals surface area contributed by atoms with E-state index in [-0.39, 0.29) is 5.92 Å². The van der Waals surface area contributed by atoms with E-state index in [0.717, 1.165) is 0 Å². The van der Waals surface area contributed by atoms with Gasteiger partial charge in [-0.2, -0.15) is 0 Å². The summed E-state index contributed by atoms with van der Waals surface area (Å²) in [5, 5.41) is 6.14. The number of urea groups is 1. The highest BCUT2D eigenvalue weighted by Crippen LogP contribution is 2.33. The zero-order chi connectivity index (χ0) is 17.1. The first-order chi connectivity index (χ1) is 10.8. The van der Waals surface area contributed by atoms with E-state index in [2.05, 4.69) is 10.6 Å². The molecule has 0 radical (unpaired) electrons. The normalized spacial score (nSPS) is 17.8. The molecule has 1 aromatic rings. The monoisotopic (exact) mass is 356 g/mol. The maximum absolute atomic E-state index is 12.4. The van der Waals surface area contributed by atoms with Crippen molar-refractivity contribution in [3.63, 3.8) is 0 Å². The quantitative estimate of drug-likeness (QED) is 0.805. The van der Waals surface area contributed by atoms with Crippen LogP contribution in [0.3, 0.4) is 0 Å². The smallest absolute Gasteiger partial charge is 0.338 e. The van der Waals surface area contributed by atoms with Crippen molar-refractivity contribution in [1.29, 1.82) is 0 Å². The van der Waals surface area contributed by atoms with Gasteiger partial charge < -0.3 is 15.4 Å². The summed E-state index contributed by atoms with van der Waals surface area (Å²) < 4.78 is 5.31. The van der Waals surface area contributed by atoms with Crippen LogP contribution in [-0.2, 0) is 9.53 Å². The average Bonchev–Trinajstić information content (AvgIpc) is 2.44. The Kier molecular flexibility index (Phi) is 5.55. The molecular formula is C16H18Cl2N2O3. The summed E-state index contributed by atoms with van der Waals surface area (Å²) in [5.41, 5.74) is 1.36. The van der Waals surface area contributed by atoms with Gasteiger partial charge in [0.25, 0.3) is 0 Å². The van der Waals surface area contributed by atoms with E-state index in [1.807, 2.05) is 13.8 Å². The number of carbonyl (C=O) groups is 2. The van der Waals surface area contributed by atoms with Crippen LogP contribution in [0.5, 0.6) is 0 Å². The van der Waals surface area contributed by atoms with Gasteiger partial charge in [0.2, 0.25) is 0 Å². The Balaban J connectivity index is 2.40. The maximum Gasteiger partial charge on any atom is 0.338 e. The second-order valence-electron chi connectivity index (χ2n) is 5.73. The van der Waals surface area contributed by atoms with Crippen molar-refractivity contribution < 1.29 is 14.3 Å². The minimum atomic E-state index is -0.687. The number of hydrogen-bond acceptors (Lipinski definition) is 3. The number of rotatable bonds is 4. The van der Waals surface area contributed by atoms with Crippen LogP contribution in [0, 0.1) is 5.92 Å². The fraction of sp³-hybridized carbons (Fsp3) is 0.375. The highest BCUT2D eigenvalue weighted by molar-refractivity contribution is 6.35. The van der Waals surface area contributed by atoms with Crippen LogP contribution in [0.2, 0.25) is 10.0 Å². The van der Waals surface area contributed by atoms with Crippen molar-refractivity contribution in [2.45, 2.75) is 26.8 Å². The predicted molar refractivity (Wildman–Crippen MR) is 89.4 cm³/mol. The largest absolute Gasteiger partial charge is 0.462 e. The summed E-state index contributed by atoms with van der Waals surface area (Å²) in [6.07, 6.45) is 0. The van der Waals surface area contributed by atoms with Gasteiger partial charge in [-0.05, 0) is 30.5 Å². The summed E-state index contributed by atoms with van der Waals surface area (Å²) >= 11 is 12.1. The number of esters is 1. The molecule has 5 nitrogen and oxygen atoms in total. The van der Waals surface area contributed by atoms with Crippen molar-refractivity contribution in [2.75, 3.05) is 6.61 Å². The second kappa shape index (κ2) is 7.23. The Bertz CT molecular complexity index is 671. The van der Waals surface area contributed by atoms with Crippen LogP contribution in [0.1, 0.15) is 32.4 Å².